The highest BCUT2D eigenvalue weighted by Crippen LogP contribution is 2.42. The van der Waals surface area contributed by atoms with Crippen molar-refractivity contribution in [1.82, 2.24) is 19.9 Å². The molecule has 0 fully saturated rings. The predicted octanol–water partition coefficient (Wildman–Crippen LogP) is 13.7. The first kappa shape index (κ1) is 43.7. The van der Waals surface area contributed by atoms with Crippen molar-refractivity contribution < 1.29 is 28.5 Å². The maximum Gasteiger partial charge on any atom is 0.201 e. The van der Waals surface area contributed by atoms with E-state index in [1.165, 1.54) is 21.3 Å². The normalized spacial score (nSPS) is 12.4. The molecule has 1 aliphatic carbocycles. The number of hydrogen-bond donors (Lipinski definition) is 2. The third-order valence-corrected chi connectivity index (χ3v) is 13.3. The largest absolute Gasteiger partial charge is 0.497 e. The second-order valence-electron chi connectivity index (χ2n) is 17.5. The summed E-state index contributed by atoms with van der Waals surface area (Å²) in [6.07, 6.45) is 8.37. The highest BCUT2D eigenvalue weighted by molar-refractivity contribution is 6.30. The average molecular weight is 941 g/mol. The van der Waals surface area contributed by atoms with Gasteiger partial charge >= 0.3 is 0 Å². The van der Waals surface area contributed by atoms with Crippen molar-refractivity contribution in [2.75, 3.05) is 21.3 Å². The summed E-state index contributed by atoms with van der Waals surface area (Å²) in [6.45, 7) is 0.0990. The van der Waals surface area contributed by atoms with E-state index in [-0.39, 0.29) is 51.9 Å². The Morgan fingerprint density at radius 3 is 1.21 bits per heavy atom. The molecule has 0 atom stereocenters. The van der Waals surface area contributed by atoms with Gasteiger partial charge in [-0.2, -0.15) is 0 Å². The Hall–Kier alpha value is -9.54. The van der Waals surface area contributed by atoms with E-state index in [4.69, 9.17) is 28.9 Å². The van der Waals surface area contributed by atoms with Crippen LogP contribution in [0.5, 0.6) is 23.0 Å². The second-order valence-corrected chi connectivity index (χ2v) is 17.5. The van der Waals surface area contributed by atoms with Crippen LogP contribution in [0.25, 0.3) is 90.9 Å². The monoisotopic (exact) mass is 940 g/mol. The molecule has 0 saturated heterocycles. The maximum atomic E-state index is 14.1. The molecular weight excluding hydrogens is 897 g/mol. The number of aromatic nitrogens is 4. The number of ether oxygens (including phenoxy) is 4. The van der Waals surface area contributed by atoms with Crippen LogP contribution < -0.4 is 18.9 Å². The van der Waals surface area contributed by atoms with Gasteiger partial charge in [-0.15, -0.1) is 0 Å². The number of H-pyrrole nitrogens is 2. The van der Waals surface area contributed by atoms with Crippen molar-refractivity contribution in [2.45, 2.75) is 6.61 Å². The summed E-state index contributed by atoms with van der Waals surface area (Å²) in [5.41, 5.74) is 16.2. The van der Waals surface area contributed by atoms with E-state index >= 15 is 0 Å². The molecule has 348 valence electrons. The molecule has 0 saturated carbocycles. The molecule has 5 heterocycles. The van der Waals surface area contributed by atoms with Gasteiger partial charge in [0, 0.05) is 61.5 Å². The maximum absolute atomic E-state index is 14.1. The summed E-state index contributed by atoms with van der Waals surface area (Å²) >= 11 is 0. The lowest BCUT2D eigenvalue weighted by Gasteiger charge is -2.23. The minimum absolute atomic E-state index is 0.0990. The zero-order valence-electron chi connectivity index (χ0n) is 39.4. The van der Waals surface area contributed by atoms with Gasteiger partial charge in [0.15, 0.2) is 5.78 Å². The second kappa shape index (κ2) is 18.1. The summed E-state index contributed by atoms with van der Waals surface area (Å²) < 4.78 is 23.1. The van der Waals surface area contributed by atoms with E-state index in [9.17, 15) is 9.59 Å². The Morgan fingerprint density at radius 2 is 0.792 bits per heavy atom. The van der Waals surface area contributed by atoms with Crippen LogP contribution in [0.2, 0.25) is 0 Å². The van der Waals surface area contributed by atoms with Crippen molar-refractivity contribution in [3.8, 4) is 67.5 Å². The fourth-order valence-electron chi connectivity index (χ4n) is 10.0. The van der Waals surface area contributed by atoms with Gasteiger partial charge in [-0.05, 0) is 107 Å². The molecule has 8 bridgehead atoms. The standard InChI is InChI=1S/C62H44N4O6/c1-69-42-33-44-60(54(34-42)71-3)62(68)59-43(61(44)67)31-36(32-53(59)70-2)35-72-41-21-19-40(20-22-41)58-51-29-27-49(65-51)56(38-15-9-5-10-16-38)47-25-23-45(63-47)55(37-13-7-4-8-14-37)46-24-26-48(64-46)57(39-17-11-6-12-18-39)50-28-30-52(58)66-50/h4-34,63,66H,35H2,1-3H3. The van der Waals surface area contributed by atoms with Gasteiger partial charge in [0.2, 0.25) is 5.78 Å². The lowest BCUT2D eigenvalue weighted by molar-refractivity contribution is 0.0973. The Bertz CT molecular complexity index is 3850. The summed E-state index contributed by atoms with van der Waals surface area (Å²) in [5.74, 6) is 0.827. The molecule has 0 radical (unpaired) electrons. The summed E-state index contributed by atoms with van der Waals surface area (Å²) in [4.78, 5) is 46.5. The number of aromatic amines is 2. The van der Waals surface area contributed by atoms with Crippen LogP contribution in [-0.2, 0) is 6.61 Å². The number of carbonyl (C=O) groups is 2. The van der Waals surface area contributed by atoms with E-state index in [0.29, 0.717) is 17.1 Å². The molecule has 6 aromatic carbocycles. The van der Waals surface area contributed by atoms with E-state index in [2.05, 4.69) is 107 Å². The number of nitrogens with one attached hydrogen (secondary N) is 2. The van der Waals surface area contributed by atoms with Crippen molar-refractivity contribution in [2.24, 2.45) is 0 Å². The van der Waals surface area contributed by atoms with Gasteiger partial charge in [0.05, 0.1) is 55.2 Å². The third-order valence-electron chi connectivity index (χ3n) is 13.3. The topological polar surface area (TPSA) is 128 Å². The predicted molar refractivity (Wildman–Crippen MR) is 284 cm³/mol. The highest BCUT2D eigenvalue weighted by atomic mass is 16.5. The molecule has 3 aromatic heterocycles. The van der Waals surface area contributed by atoms with Gasteiger partial charge in [-0.25, -0.2) is 9.97 Å². The molecule has 0 spiro atoms. The molecule has 2 N–H and O–H groups in total. The van der Waals surface area contributed by atoms with E-state index in [0.717, 1.165) is 89.4 Å². The van der Waals surface area contributed by atoms with Crippen molar-refractivity contribution in [1.29, 1.82) is 0 Å². The van der Waals surface area contributed by atoms with Crippen LogP contribution in [0.1, 0.15) is 60.2 Å². The highest BCUT2D eigenvalue weighted by Gasteiger charge is 2.36. The van der Waals surface area contributed by atoms with Crippen LogP contribution in [0.4, 0.5) is 0 Å². The molecule has 9 aromatic rings. The minimum Gasteiger partial charge on any atom is -0.497 e. The van der Waals surface area contributed by atoms with E-state index in [1.54, 1.807) is 24.3 Å². The van der Waals surface area contributed by atoms with Crippen LogP contribution in [0.15, 0.2) is 164 Å². The first-order valence-electron chi connectivity index (χ1n) is 23.5. The fourth-order valence-corrected chi connectivity index (χ4v) is 10.0. The molecule has 72 heavy (non-hydrogen) atoms. The SMILES string of the molecule is COc1cc(OC)c2c(c1)C(=O)c1cc(COc3ccc(-c4c5nc(c(-c6ccccc6)c6ccc([nH]6)c(-c6ccccc6)c6nc(c(-c7ccccc7)c7ccc4[nH]7)C=C6)C=C5)cc3)cc(OC)c1C2=O. The number of nitrogens with zero attached hydrogens (tertiary/aromatic N) is 2. The number of methoxy groups -OCH3 is 3. The van der Waals surface area contributed by atoms with Crippen LogP contribution in [0.3, 0.4) is 0 Å². The molecule has 0 amide bonds. The van der Waals surface area contributed by atoms with Gasteiger partial charge in [0.25, 0.3) is 0 Å². The fraction of sp³-hybridized carbons (Fsp3) is 0.0645. The molecule has 10 nitrogen and oxygen atoms in total. The van der Waals surface area contributed by atoms with Crippen LogP contribution >= 0.6 is 0 Å². The number of fused-ring (bicyclic) bond motifs is 10. The van der Waals surface area contributed by atoms with Gasteiger partial charge in [0.1, 0.15) is 29.6 Å². The lowest BCUT2D eigenvalue weighted by atomic mass is 9.82. The van der Waals surface area contributed by atoms with Crippen molar-refractivity contribution >= 4 is 57.9 Å². The van der Waals surface area contributed by atoms with Crippen molar-refractivity contribution in [3.05, 3.63) is 214 Å². The zero-order chi connectivity index (χ0) is 48.9. The third kappa shape index (κ3) is 7.62. The van der Waals surface area contributed by atoms with Crippen LogP contribution in [-0.4, -0.2) is 52.8 Å². The number of hydrogen-bond acceptors (Lipinski definition) is 8. The van der Waals surface area contributed by atoms with Gasteiger partial charge < -0.3 is 28.9 Å². The van der Waals surface area contributed by atoms with Crippen molar-refractivity contribution in [3.63, 3.8) is 0 Å². The first-order valence-corrected chi connectivity index (χ1v) is 23.5. The smallest absolute Gasteiger partial charge is 0.201 e. The Morgan fingerprint density at radius 1 is 0.389 bits per heavy atom. The lowest BCUT2D eigenvalue weighted by Crippen LogP contribution is -2.23. The molecule has 10 heteroatoms. The van der Waals surface area contributed by atoms with Gasteiger partial charge in [-0.1, -0.05) is 103 Å². The minimum atomic E-state index is -0.365. The van der Waals surface area contributed by atoms with E-state index in [1.807, 2.05) is 66.7 Å². The Kier molecular flexibility index (Phi) is 11.0. The zero-order valence-corrected chi connectivity index (χ0v) is 39.4. The molecule has 2 aliphatic heterocycles. The Balaban J connectivity index is 0.993. The average Bonchev–Trinajstić information content (AvgIpc) is 4.29. The molecular formula is C62H44N4O6. The summed E-state index contributed by atoms with van der Waals surface area (Å²) in [5, 5.41) is 0. The quantitative estimate of drug-likeness (QED) is 0.139. The summed E-state index contributed by atoms with van der Waals surface area (Å²) in [7, 11) is 4.43. The number of benzene rings is 6. The summed E-state index contributed by atoms with van der Waals surface area (Å²) in [6, 6.07) is 54.0. The Labute approximate surface area is 414 Å². The number of rotatable bonds is 10. The number of ketones is 2. The first-order chi connectivity index (χ1) is 35.4. The van der Waals surface area contributed by atoms with Gasteiger partial charge in [-0.3, -0.25) is 9.59 Å². The van der Waals surface area contributed by atoms with Crippen LogP contribution in [0, 0.1) is 0 Å². The molecule has 0 unspecified atom stereocenters. The van der Waals surface area contributed by atoms with E-state index < -0.39 is 0 Å². The number of carbonyl (C=O) groups excluding carboxylic acids is 2. The molecule has 12 rings (SSSR count). The molecule has 3 aliphatic rings.